The molecule has 0 unspecified atom stereocenters. The third-order valence-corrected chi connectivity index (χ3v) is 7.97. The minimum absolute atomic E-state index is 0.0506. The molecule has 168 valence electrons. The summed E-state index contributed by atoms with van der Waals surface area (Å²) in [7, 11) is -3.58. The monoisotopic (exact) mass is 486 g/mol. The maximum Gasteiger partial charge on any atom is 0.223 e. The van der Waals surface area contributed by atoms with Gasteiger partial charge in [0.2, 0.25) is 15.9 Å². The average molecular weight is 487 g/mol. The molecule has 1 N–H and O–H groups in total. The molecule has 1 aliphatic heterocycles. The molecule has 1 heterocycles. The van der Waals surface area contributed by atoms with E-state index in [2.05, 4.69) is 5.32 Å². The van der Waals surface area contributed by atoms with E-state index in [4.69, 9.17) is 23.2 Å². The second-order valence-electron chi connectivity index (χ2n) is 7.65. The Bertz CT molecular complexity index is 988. The Balaban J connectivity index is 1.44. The molecule has 0 spiro atoms. The van der Waals surface area contributed by atoms with E-state index in [1.54, 1.807) is 30.3 Å². The Morgan fingerprint density at radius 3 is 2.29 bits per heavy atom. The van der Waals surface area contributed by atoms with Crippen LogP contribution in [0.25, 0.3) is 0 Å². The number of carbonyl (C=O) groups excluding carboxylic acids is 1. The fraction of sp³-hybridized carbons (Fsp3) is 0.409. The average Bonchev–Trinajstić information content (AvgIpc) is 2.75. The molecule has 1 saturated heterocycles. The van der Waals surface area contributed by atoms with Crippen molar-refractivity contribution in [2.75, 3.05) is 19.6 Å². The van der Waals surface area contributed by atoms with Crippen LogP contribution in [0.3, 0.4) is 0 Å². The minimum atomic E-state index is -3.58. The van der Waals surface area contributed by atoms with Crippen LogP contribution < -0.4 is 5.32 Å². The number of halogens is 3. The SMILES string of the molecule is O=C(NCCCc1ccc(F)cc1)C1CCN(S(=O)(=O)Cc2c(Cl)cccc2Cl)CC1. The van der Waals surface area contributed by atoms with Crippen molar-refractivity contribution >= 4 is 39.1 Å². The van der Waals surface area contributed by atoms with Crippen LogP contribution in [0.4, 0.5) is 4.39 Å². The van der Waals surface area contributed by atoms with E-state index in [1.807, 2.05) is 0 Å². The van der Waals surface area contributed by atoms with Crippen molar-refractivity contribution in [3.8, 4) is 0 Å². The number of nitrogens with one attached hydrogen (secondary N) is 1. The van der Waals surface area contributed by atoms with Gasteiger partial charge in [-0.05, 0) is 55.5 Å². The third-order valence-electron chi connectivity index (χ3n) is 5.46. The summed E-state index contributed by atoms with van der Waals surface area (Å²) in [4.78, 5) is 12.4. The van der Waals surface area contributed by atoms with Gasteiger partial charge in [-0.25, -0.2) is 17.1 Å². The van der Waals surface area contributed by atoms with Crippen LogP contribution >= 0.6 is 23.2 Å². The molecule has 0 saturated carbocycles. The van der Waals surface area contributed by atoms with Crippen molar-refractivity contribution in [2.24, 2.45) is 5.92 Å². The summed E-state index contributed by atoms with van der Waals surface area (Å²) in [6, 6.07) is 11.2. The standard InChI is InChI=1S/C22H25Cl2FN2O3S/c23-20-4-1-5-21(24)19(20)15-31(29,30)27-13-10-17(11-14-27)22(28)26-12-2-3-16-6-8-18(25)9-7-16/h1,4-9,17H,2-3,10-15H2,(H,26,28). The zero-order valence-corrected chi connectivity index (χ0v) is 19.3. The lowest BCUT2D eigenvalue weighted by Crippen LogP contribution is -2.43. The minimum Gasteiger partial charge on any atom is -0.356 e. The van der Waals surface area contributed by atoms with Crippen LogP contribution in [-0.2, 0) is 27.0 Å². The number of carbonyl (C=O) groups is 1. The van der Waals surface area contributed by atoms with Crippen LogP contribution in [-0.4, -0.2) is 38.3 Å². The summed E-state index contributed by atoms with van der Waals surface area (Å²) < 4.78 is 39.9. The van der Waals surface area contributed by atoms with Crippen LogP contribution in [0.1, 0.15) is 30.4 Å². The highest BCUT2D eigenvalue weighted by atomic mass is 35.5. The third kappa shape index (κ3) is 6.65. The molecule has 1 amide bonds. The second-order valence-corrected chi connectivity index (χ2v) is 10.4. The first-order valence-corrected chi connectivity index (χ1v) is 12.6. The lowest BCUT2D eigenvalue weighted by molar-refractivity contribution is -0.126. The number of benzene rings is 2. The highest BCUT2D eigenvalue weighted by Crippen LogP contribution is 2.29. The maximum atomic E-state index is 12.9. The van der Waals surface area contributed by atoms with Crippen molar-refractivity contribution < 1.29 is 17.6 Å². The molecule has 5 nitrogen and oxygen atoms in total. The molecule has 2 aromatic carbocycles. The molecular weight excluding hydrogens is 462 g/mol. The van der Waals surface area contributed by atoms with Gasteiger partial charge in [-0.3, -0.25) is 4.79 Å². The number of hydrogen-bond donors (Lipinski definition) is 1. The number of hydrogen-bond acceptors (Lipinski definition) is 3. The van der Waals surface area contributed by atoms with Crippen LogP contribution in [0.2, 0.25) is 10.0 Å². The summed E-state index contributed by atoms with van der Waals surface area (Å²) in [6.07, 6.45) is 2.45. The van der Waals surface area contributed by atoms with Crippen molar-refractivity contribution in [1.82, 2.24) is 9.62 Å². The van der Waals surface area contributed by atoms with E-state index >= 15 is 0 Å². The van der Waals surface area contributed by atoms with Crippen molar-refractivity contribution in [2.45, 2.75) is 31.4 Å². The fourth-order valence-electron chi connectivity index (χ4n) is 3.64. The molecule has 0 atom stereocenters. The van der Waals surface area contributed by atoms with E-state index in [0.717, 1.165) is 18.4 Å². The molecule has 3 rings (SSSR count). The highest BCUT2D eigenvalue weighted by molar-refractivity contribution is 7.88. The van der Waals surface area contributed by atoms with E-state index in [9.17, 15) is 17.6 Å². The predicted molar refractivity (Wildman–Crippen MR) is 121 cm³/mol. The summed E-state index contributed by atoms with van der Waals surface area (Å²) in [6.45, 7) is 1.11. The number of nitrogens with zero attached hydrogens (tertiary/aromatic N) is 1. The van der Waals surface area contributed by atoms with Crippen LogP contribution in [0, 0.1) is 11.7 Å². The molecule has 0 aliphatic carbocycles. The summed E-state index contributed by atoms with van der Waals surface area (Å²) in [5.74, 6) is -0.780. The Labute approximate surface area is 192 Å². The normalized spacial score (nSPS) is 15.7. The quantitative estimate of drug-likeness (QED) is 0.561. The molecule has 2 aromatic rings. The van der Waals surface area contributed by atoms with Gasteiger partial charge in [-0.15, -0.1) is 0 Å². The summed E-state index contributed by atoms with van der Waals surface area (Å²) >= 11 is 12.2. The highest BCUT2D eigenvalue weighted by Gasteiger charge is 2.31. The van der Waals surface area contributed by atoms with Gasteiger partial charge in [0.25, 0.3) is 0 Å². The molecule has 0 aromatic heterocycles. The van der Waals surface area contributed by atoms with Gasteiger partial charge < -0.3 is 5.32 Å². The number of amides is 1. The van der Waals surface area contributed by atoms with Crippen molar-refractivity contribution in [3.63, 3.8) is 0 Å². The molecule has 31 heavy (non-hydrogen) atoms. The summed E-state index contributed by atoms with van der Waals surface area (Å²) in [5.41, 5.74) is 1.42. The van der Waals surface area contributed by atoms with Gasteiger partial charge in [-0.1, -0.05) is 41.4 Å². The zero-order valence-electron chi connectivity index (χ0n) is 17.0. The maximum absolute atomic E-state index is 12.9. The van der Waals surface area contributed by atoms with Gasteiger partial charge in [0.15, 0.2) is 0 Å². The Morgan fingerprint density at radius 1 is 1.06 bits per heavy atom. The molecule has 1 aliphatic rings. The lowest BCUT2D eigenvalue weighted by Gasteiger charge is -2.30. The molecule has 0 radical (unpaired) electrons. The van der Waals surface area contributed by atoms with E-state index < -0.39 is 10.0 Å². The fourth-order valence-corrected chi connectivity index (χ4v) is 5.95. The second kappa shape index (κ2) is 10.8. The van der Waals surface area contributed by atoms with Crippen LogP contribution in [0.15, 0.2) is 42.5 Å². The number of piperidine rings is 1. The summed E-state index contributed by atoms with van der Waals surface area (Å²) in [5, 5.41) is 3.58. The Morgan fingerprint density at radius 2 is 1.68 bits per heavy atom. The Hall–Kier alpha value is -1.67. The number of sulfonamides is 1. The van der Waals surface area contributed by atoms with Crippen molar-refractivity contribution in [1.29, 1.82) is 0 Å². The zero-order chi connectivity index (χ0) is 22.4. The number of rotatable bonds is 8. The molecular formula is C22H25Cl2FN2O3S. The van der Waals surface area contributed by atoms with E-state index in [0.29, 0.717) is 35.0 Å². The Kier molecular flexibility index (Phi) is 8.33. The van der Waals surface area contributed by atoms with Gasteiger partial charge in [0, 0.05) is 41.2 Å². The topological polar surface area (TPSA) is 66.5 Å². The van der Waals surface area contributed by atoms with Crippen molar-refractivity contribution in [3.05, 3.63) is 69.5 Å². The van der Waals surface area contributed by atoms with Gasteiger partial charge in [-0.2, -0.15) is 0 Å². The molecule has 0 bridgehead atoms. The molecule has 9 heteroatoms. The van der Waals surface area contributed by atoms with Gasteiger partial charge in [0.05, 0.1) is 5.75 Å². The smallest absolute Gasteiger partial charge is 0.223 e. The first kappa shape index (κ1) is 24.0. The lowest BCUT2D eigenvalue weighted by atomic mass is 9.97. The first-order valence-electron chi connectivity index (χ1n) is 10.2. The first-order chi connectivity index (χ1) is 14.8. The van der Waals surface area contributed by atoms with Crippen LogP contribution in [0.5, 0.6) is 0 Å². The van der Waals surface area contributed by atoms with E-state index in [1.165, 1.54) is 16.4 Å². The largest absolute Gasteiger partial charge is 0.356 e. The number of aryl methyl sites for hydroxylation is 1. The van der Waals surface area contributed by atoms with Gasteiger partial charge in [0.1, 0.15) is 5.82 Å². The molecule has 1 fully saturated rings. The predicted octanol–water partition coefficient (Wildman–Crippen LogP) is 4.42. The van der Waals surface area contributed by atoms with E-state index in [-0.39, 0.29) is 36.5 Å². The van der Waals surface area contributed by atoms with Gasteiger partial charge >= 0.3 is 0 Å².